The first-order valence-electron chi connectivity index (χ1n) is 9.49. The van der Waals surface area contributed by atoms with Crippen LogP contribution in [0.4, 0.5) is 0 Å². The highest BCUT2D eigenvalue weighted by molar-refractivity contribution is 7.91. The maximum absolute atomic E-state index is 12.9. The van der Waals surface area contributed by atoms with Crippen molar-refractivity contribution in [2.45, 2.75) is 42.5 Å². The number of nitrogens with zero attached hydrogens (tertiary/aromatic N) is 2. The lowest BCUT2D eigenvalue weighted by molar-refractivity contribution is -0.139. The van der Waals surface area contributed by atoms with Crippen LogP contribution in [0.15, 0.2) is 46.2 Å². The van der Waals surface area contributed by atoms with E-state index < -0.39 is 21.8 Å². The van der Waals surface area contributed by atoms with E-state index in [0.717, 1.165) is 24.8 Å². The minimum Gasteiger partial charge on any atom is -0.348 e. The minimum atomic E-state index is -3.52. The predicted octanol–water partition coefficient (Wildman–Crippen LogP) is 1.51. The zero-order valence-electron chi connectivity index (χ0n) is 15.9. The van der Waals surface area contributed by atoms with Crippen LogP contribution in [0.1, 0.15) is 31.2 Å². The highest BCUT2D eigenvalue weighted by Gasteiger charge is 2.33. The summed E-state index contributed by atoms with van der Waals surface area (Å²) in [7, 11) is -3.52. The summed E-state index contributed by atoms with van der Waals surface area (Å²) >= 11 is 1.21. The Morgan fingerprint density at radius 3 is 2.62 bits per heavy atom. The molecule has 0 spiro atoms. The van der Waals surface area contributed by atoms with Crippen LogP contribution in [0, 0.1) is 0 Å². The number of carbonyl (C=O) groups is 2. The number of thiophene rings is 1. The lowest BCUT2D eigenvalue weighted by atomic mass is 10.0. The minimum absolute atomic E-state index is 0.184. The third-order valence-electron chi connectivity index (χ3n) is 4.80. The van der Waals surface area contributed by atoms with Crippen LogP contribution in [0.2, 0.25) is 0 Å². The van der Waals surface area contributed by atoms with E-state index >= 15 is 0 Å². The van der Waals surface area contributed by atoms with Crippen LogP contribution in [0.3, 0.4) is 0 Å². The standard InChI is InChI=1S/C19H24N4O4S2/c24-18(19(25)22-14-15-6-9-20-10-7-15)21-11-8-16-4-1-2-12-23(16)29(26,27)17-5-3-13-28-17/h3,5-7,9-10,13,16H,1-2,4,8,11-12,14H2,(H,21,24)(H,22,25)/t16-/m1/s1. The average Bonchev–Trinajstić information content (AvgIpc) is 3.29. The second-order valence-corrected chi connectivity index (χ2v) is 9.85. The molecule has 1 atom stereocenters. The Labute approximate surface area is 174 Å². The van der Waals surface area contributed by atoms with Crippen molar-refractivity contribution in [2.24, 2.45) is 0 Å². The van der Waals surface area contributed by atoms with Crippen molar-refractivity contribution in [1.29, 1.82) is 0 Å². The van der Waals surface area contributed by atoms with Gasteiger partial charge in [-0.05, 0) is 48.4 Å². The van der Waals surface area contributed by atoms with Crippen LogP contribution in [0.5, 0.6) is 0 Å². The first-order valence-corrected chi connectivity index (χ1v) is 11.8. The van der Waals surface area contributed by atoms with Crippen LogP contribution < -0.4 is 10.6 Å². The van der Waals surface area contributed by atoms with Crippen LogP contribution in [0.25, 0.3) is 0 Å². The van der Waals surface area contributed by atoms with Crippen molar-refractivity contribution in [3.63, 3.8) is 0 Å². The normalized spacial score (nSPS) is 17.6. The number of carbonyl (C=O) groups excluding carboxylic acids is 2. The van der Waals surface area contributed by atoms with Crippen molar-refractivity contribution < 1.29 is 18.0 Å². The van der Waals surface area contributed by atoms with Crippen molar-refractivity contribution in [3.05, 3.63) is 47.6 Å². The first-order chi connectivity index (χ1) is 14.0. The molecule has 10 heteroatoms. The SMILES string of the molecule is O=C(NCC[C@H]1CCCCN1S(=O)(=O)c1cccs1)C(=O)NCc1ccncc1. The molecule has 1 aliphatic rings. The van der Waals surface area contributed by atoms with E-state index in [4.69, 9.17) is 0 Å². The molecule has 1 aliphatic heterocycles. The van der Waals surface area contributed by atoms with E-state index in [2.05, 4.69) is 15.6 Å². The lowest BCUT2D eigenvalue weighted by Gasteiger charge is -2.34. The van der Waals surface area contributed by atoms with Crippen molar-refractivity contribution in [2.75, 3.05) is 13.1 Å². The Bertz CT molecular complexity index is 917. The summed E-state index contributed by atoms with van der Waals surface area (Å²) in [5, 5.41) is 6.89. The molecular formula is C19H24N4O4S2. The maximum Gasteiger partial charge on any atom is 0.309 e. The largest absolute Gasteiger partial charge is 0.348 e. The molecule has 0 aromatic carbocycles. The molecule has 1 fully saturated rings. The Kier molecular flexibility index (Phi) is 7.34. The van der Waals surface area contributed by atoms with Crippen LogP contribution in [-0.2, 0) is 26.2 Å². The lowest BCUT2D eigenvalue weighted by Crippen LogP contribution is -2.46. The Morgan fingerprint density at radius 1 is 1.14 bits per heavy atom. The molecule has 2 amide bonds. The third-order valence-corrected chi connectivity index (χ3v) is 8.13. The first kappa shape index (κ1) is 21.4. The van der Waals surface area contributed by atoms with Crippen molar-refractivity contribution in [3.8, 4) is 0 Å². The molecule has 2 N–H and O–H groups in total. The summed E-state index contributed by atoms with van der Waals surface area (Å²) in [6, 6.07) is 6.66. The van der Waals surface area contributed by atoms with Gasteiger partial charge in [-0.25, -0.2) is 8.42 Å². The Morgan fingerprint density at radius 2 is 1.90 bits per heavy atom. The molecule has 8 nitrogen and oxygen atoms in total. The summed E-state index contributed by atoms with van der Waals surface area (Å²) in [5.41, 5.74) is 0.845. The van der Waals surface area contributed by atoms with Gasteiger partial charge in [0.15, 0.2) is 0 Å². The summed E-state index contributed by atoms with van der Waals surface area (Å²) in [4.78, 5) is 27.8. The van der Waals surface area contributed by atoms with Gasteiger partial charge < -0.3 is 10.6 Å². The molecular weight excluding hydrogens is 412 g/mol. The zero-order valence-corrected chi connectivity index (χ0v) is 17.5. The Balaban J connectivity index is 1.49. The van der Waals surface area contributed by atoms with Gasteiger partial charge in [0.2, 0.25) is 0 Å². The summed E-state index contributed by atoms with van der Waals surface area (Å²) < 4.78 is 27.6. The van der Waals surface area contributed by atoms with E-state index in [1.807, 2.05) is 0 Å². The molecule has 1 saturated heterocycles. The number of rotatable bonds is 7. The fourth-order valence-electron chi connectivity index (χ4n) is 3.30. The van der Waals surface area contributed by atoms with Gasteiger partial charge in [-0.3, -0.25) is 14.6 Å². The molecule has 3 rings (SSSR count). The van der Waals surface area contributed by atoms with Gasteiger partial charge in [-0.2, -0.15) is 4.31 Å². The monoisotopic (exact) mass is 436 g/mol. The van der Waals surface area contributed by atoms with Crippen molar-refractivity contribution in [1.82, 2.24) is 19.9 Å². The molecule has 2 aromatic rings. The highest BCUT2D eigenvalue weighted by atomic mass is 32.2. The molecule has 156 valence electrons. The molecule has 0 bridgehead atoms. The van der Waals surface area contributed by atoms with E-state index in [0.29, 0.717) is 17.2 Å². The topological polar surface area (TPSA) is 108 Å². The van der Waals surface area contributed by atoms with E-state index in [1.165, 1.54) is 15.6 Å². The second kappa shape index (κ2) is 9.95. The molecule has 29 heavy (non-hydrogen) atoms. The molecule has 0 radical (unpaired) electrons. The van der Waals surface area contributed by atoms with E-state index in [-0.39, 0.29) is 19.1 Å². The van der Waals surface area contributed by atoms with Crippen LogP contribution >= 0.6 is 11.3 Å². The summed E-state index contributed by atoms with van der Waals surface area (Å²) in [5.74, 6) is -1.43. The number of nitrogens with one attached hydrogen (secondary N) is 2. The number of aromatic nitrogens is 1. The van der Waals surface area contributed by atoms with Crippen molar-refractivity contribution >= 4 is 33.2 Å². The van der Waals surface area contributed by atoms with Crippen LogP contribution in [-0.4, -0.2) is 48.7 Å². The smallest absolute Gasteiger partial charge is 0.309 e. The second-order valence-electron chi connectivity index (χ2n) is 6.78. The number of sulfonamides is 1. The molecule has 0 unspecified atom stereocenters. The number of piperidine rings is 1. The fraction of sp³-hybridized carbons (Fsp3) is 0.421. The summed E-state index contributed by atoms with van der Waals surface area (Å²) in [6.07, 6.45) is 6.21. The highest BCUT2D eigenvalue weighted by Crippen LogP contribution is 2.28. The van der Waals surface area contributed by atoms with Gasteiger partial charge in [0.25, 0.3) is 10.0 Å². The summed E-state index contributed by atoms with van der Waals surface area (Å²) in [6.45, 7) is 0.956. The molecule has 2 aromatic heterocycles. The molecule has 3 heterocycles. The third kappa shape index (κ3) is 5.62. The van der Waals surface area contributed by atoms with E-state index in [9.17, 15) is 18.0 Å². The number of hydrogen-bond donors (Lipinski definition) is 2. The number of pyridine rings is 1. The maximum atomic E-state index is 12.9. The fourth-order valence-corrected chi connectivity index (χ4v) is 6.14. The van der Waals surface area contributed by atoms with Gasteiger partial charge in [-0.15, -0.1) is 11.3 Å². The number of amides is 2. The van der Waals surface area contributed by atoms with Gasteiger partial charge in [0, 0.05) is 38.1 Å². The number of hydrogen-bond acceptors (Lipinski definition) is 6. The Hall–Kier alpha value is -2.30. The van der Waals surface area contributed by atoms with E-state index in [1.54, 1.807) is 42.0 Å². The zero-order chi connectivity index (χ0) is 20.7. The van der Waals surface area contributed by atoms with Gasteiger partial charge in [-0.1, -0.05) is 12.5 Å². The van der Waals surface area contributed by atoms with Gasteiger partial charge in [0.05, 0.1) is 0 Å². The average molecular weight is 437 g/mol. The molecule has 0 saturated carbocycles. The molecule has 0 aliphatic carbocycles. The van der Waals surface area contributed by atoms with Gasteiger partial charge >= 0.3 is 11.8 Å². The van der Waals surface area contributed by atoms with Gasteiger partial charge in [0.1, 0.15) is 4.21 Å². The quantitative estimate of drug-likeness (QED) is 0.640. The predicted molar refractivity (Wildman–Crippen MR) is 110 cm³/mol.